The molecule has 21 heavy (non-hydrogen) atoms. The highest BCUT2D eigenvalue weighted by Gasteiger charge is 2.27. The van der Waals surface area contributed by atoms with E-state index in [0.29, 0.717) is 0 Å². The van der Waals surface area contributed by atoms with Gasteiger partial charge >= 0.3 is 6.09 Å². The molecule has 2 fully saturated rings. The number of piperidine rings is 2. The molecule has 0 aromatic heterocycles. The summed E-state index contributed by atoms with van der Waals surface area (Å²) < 4.78 is 5.45. The predicted octanol–water partition coefficient (Wildman–Crippen LogP) is 3.51. The van der Waals surface area contributed by atoms with Crippen LogP contribution in [0.2, 0.25) is 0 Å². The fourth-order valence-electron chi connectivity index (χ4n) is 3.28. The van der Waals surface area contributed by atoms with Crippen LogP contribution in [-0.4, -0.2) is 54.2 Å². The number of carbonyl (C=O) groups is 1. The van der Waals surface area contributed by atoms with Gasteiger partial charge in [-0.05, 0) is 78.4 Å². The number of amides is 1. The zero-order valence-electron chi connectivity index (χ0n) is 14.1. The van der Waals surface area contributed by atoms with Crippen LogP contribution in [0.4, 0.5) is 4.79 Å². The Kier molecular flexibility index (Phi) is 5.91. The molecule has 2 heterocycles. The molecule has 0 unspecified atom stereocenters. The van der Waals surface area contributed by atoms with E-state index in [9.17, 15) is 4.79 Å². The second-order valence-corrected chi connectivity index (χ2v) is 7.60. The van der Waals surface area contributed by atoms with E-state index in [1.54, 1.807) is 0 Å². The lowest BCUT2D eigenvalue weighted by atomic mass is 9.93. The van der Waals surface area contributed by atoms with E-state index >= 15 is 0 Å². The maximum Gasteiger partial charge on any atom is 0.410 e. The smallest absolute Gasteiger partial charge is 0.410 e. The lowest BCUT2D eigenvalue weighted by Gasteiger charge is -2.34. The van der Waals surface area contributed by atoms with Gasteiger partial charge in [0.05, 0.1) is 0 Å². The van der Waals surface area contributed by atoms with E-state index in [2.05, 4.69) is 4.90 Å². The molecule has 2 aliphatic heterocycles. The van der Waals surface area contributed by atoms with E-state index in [1.807, 2.05) is 25.7 Å². The Morgan fingerprint density at radius 1 is 1.05 bits per heavy atom. The molecular formula is C17H32N2O2. The zero-order valence-corrected chi connectivity index (χ0v) is 14.1. The van der Waals surface area contributed by atoms with Gasteiger partial charge in [-0.1, -0.05) is 6.42 Å². The number of nitrogens with zero attached hydrogens (tertiary/aromatic N) is 2. The Balaban J connectivity index is 1.64. The number of hydrogen-bond donors (Lipinski definition) is 0. The van der Waals surface area contributed by atoms with Gasteiger partial charge < -0.3 is 14.5 Å². The largest absolute Gasteiger partial charge is 0.444 e. The van der Waals surface area contributed by atoms with Crippen molar-refractivity contribution in [2.45, 2.75) is 64.9 Å². The molecule has 0 aliphatic carbocycles. The molecule has 0 spiro atoms. The average Bonchev–Trinajstić information content (AvgIpc) is 2.45. The lowest BCUT2D eigenvalue weighted by Crippen LogP contribution is -2.42. The molecule has 2 aliphatic rings. The third kappa shape index (κ3) is 5.85. The van der Waals surface area contributed by atoms with Crippen LogP contribution in [-0.2, 0) is 4.74 Å². The van der Waals surface area contributed by atoms with Crippen molar-refractivity contribution in [3.63, 3.8) is 0 Å². The molecule has 2 rings (SSSR count). The van der Waals surface area contributed by atoms with Gasteiger partial charge in [-0.2, -0.15) is 0 Å². The van der Waals surface area contributed by atoms with Crippen molar-refractivity contribution in [3.8, 4) is 0 Å². The molecule has 0 bridgehead atoms. The summed E-state index contributed by atoms with van der Waals surface area (Å²) in [7, 11) is 0. The van der Waals surface area contributed by atoms with Crippen molar-refractivity contribution in [1.29, 1.82) is 0 Å². The minimum atomic E-state index is -0.387. The first-order valence-corrected chi connectivity index (χ1v) is 8.64. The summed E-state index contributed by atoms with van der Waals surface area (Å²) in [5, 5.41) is 0. The minimum absolute atomic E-state index is 0.142. The zero-order chi connectivity index (χ0) is 15.3. The Morgan fingerprint density at radius 3 is 2.24 bits per heavy atom. The summed E-state index contributed by atoms with van der Waals surface area (Å²) in [4.78, 5) is 16.5. The van der Waals surface area contributed by atoms with Crippen LogP contribution in [0.25, 0.3) is 0 Å². The second kappa shape index (κ2) is 7.48. The Labute approximate surface area is 129 Å². The van der Waals surface area contributed by atoms with Crippen LogP contribution < -0.4 is 0 Å². The van der Waals surface area contributed by atoms with Gasteiger partial charge in [-0.15, -0.1) is 0 Å². The van der Waals surface area contributed by atoms with E-state index in [-0.39, 0.29) is 11.7 Å². The Morgan fingerprint density at radius 2 is 1.67 bits per heavy atom. The van der Waals surface area contributed by atoms with Crippen LogP contribution >= 0.6 is 0 Å². The molecule has 0 atom stereocenters. The summed E-state index contributed by atoms with van der Waals surface area (Å²) in [6.45, 7) is 11.3. The fraction of sp³-hybridized carbons (Fsp3) is 0.941. The molecule has 0 saturated carbocycles. The van der Waals surface area contributed by atoms with Gasteiger partial charge in [-0.25, -0.2) is 4.79 Å². The number of rotatable bonds is 3. The SMILES string of the molecule is CC(C)(C)OC(=O)N1CCC(CCN2CCCCC2)CC1. The van der Waals surface area contributed by atoms with Crippen LogP contribution in [0.1, 0.15) is 59.3 Å². The lowest BCUT2D eigenvalue weighted by molar-refractivity contribution is 0.0177. The van der Waals surface area contributed by atoms with Crippen molar-refractivity contribution in [1.82, 2.24) is 9.80 Å². The first-order chi connectivity index (χ1) is 9.94. The van der Waals surface area contributed by atoms with Crippen LogP contribution in [0, 0.1) is 5.92 Å². The number of hydrogen-bond acceptors (Lipinski definition) is 3. The topological polar surface area (TPSA) is 32.8 Å². The molecule has 0 radical (unpaired) electrons. The van der Waals surface area contributed by atoms with E-state index in [4.69, 9.17) is 4.74 Å². The number of carbonyl (C=O) groups excluding carboxylic acids is 1. The van der Waals surface area contributed by atoms with Crippen molar-refractivity contribution >= 4 is 6.09 Å². The molecule has 2 saturated heterocycles. The van der Waals surface area contributed by atoms with Gasteiger partial charge in [0, 0.05) is 13.1 Å². The molecule has 0 aromatic carbocycles. The highest BCUT2D eigenvalue weighted by molar-refractivity contribution is 5.68. The molecule has 0 aromatic rings. The van der Waals surface area contributed by atoms with E-state index in [0.717, 1.165) is 31.8 Å². The van der Waals surface area contributed by atoms with Gasteiger partial charge in [0.25, 0.3) is 0 Å². The van der Waals surface area contributed by atoms with E-state index < -0.39 is 0 Å². The fourth-order valence-corrected chi connectivity index (χ4v) is 3.28. The third-order valence-electron chi connectivity index (χ3n) is 4.57. The van der Waals surface area contributed by atoms with Crippen molar-refractivity contribution in [2.24, 2.45) is 5.92 Å². The van der Waals surface area contributed by atoms with Crippen molar-refractivity contribution in [2.75, 3.05) is 32.7 Å². The number of ether oxygens (including phenoxy) is 1. The average molecular weight is 296 g/mol. The van der Waals surface area contributed by atoms with Gasteiger partial charge in [-0.3, -0.25) is 0 Å². The first-order valence-electron chi connectivity index (χ1n) is 8.64. The van der Waals surface area contributed by atoms with Crippen LogP contribution in [0.3, 0.4) is 0 Å². The van der Waals surface area contributed by atoms with Crippen LogP contribution in [0.15, 0.2) is 0 Å². The van der Waals surface area contributed by atoms with Gasteiger partial charge in [0.2, 0.25) is 0 Å². The summed E-state index contributed by atoms with van der Waals surface area (Å²) in [5.41, 5.74) is -0.387. The summed E-state index contributed by atoms with van der Waals surface area (Å²) >= 11 is 0. The van der Waals surface area contributed by atoms with Crippen molar-refractivity contribution < 1.29 is 9.53 Å². The first kappa shape index (κ1) is 16.6. The van der Waals surface area contributed by atoms with Crippen molar-refractivity contribution in [3.05, 3.63) is 0 Å². The third-order valence-corrected chi connectivity index (χ3v) is 4.57. The minimum Gasteiger partial charge on any atom is -0.444 e. The maximum atomic E-state index is 12.0. The standard InChI is InChI=1S/C17H32N2O2/c1-17(2,3)21-16(20)19-13-8-15(9-14-19)7-12-18-10-5-4-6-11-18/h15H,4-14H2,1-3H3. The molecule has 0 N–H and O–H groups in total. The highest BCUT2D eigenvalue weighted by Crippen LogP contribution is 2.23. The quantitative estimate of drug-likeness (QED) is 0.799. The molecule has 4 heteroatoms. The van der Waals surface area contributed by atoms with Gasteiger partial charge in [0.1, 0.15) is 5.60 Å². The molecule has 122 valence electrons. The van der Waals surface area contributed by atoms with Gasteiger partial charge in [0.15, 0.2) is 0 Å². The summed E-state index contributed by atoms with van der Waals surface area (Å²) in [5.74, 6) is 0.783. The monoisotopic (exact) mass is 296 g/mol. The number of likely N-dealkylation sites (tertiary alicyclic amines) is 2. The normalized spacial score (nSPS) is 22.3. The highest BCUT2D eigenvalue weighted by atomic mass is 16.6. The second-order valence-electron chi connectivity index (χ2n) is 7.60. The Hall–Kier alpha value is -0.770. The molecular weight excluding hydrogens is 264 g/mol. The summed E-state index contributed by atoms with van der Waals surface area (Å²) in [6, 6.07) is 0. The maximum absolute atomic E-state index is 12.0. The molecule has 4 nitrogen and oxygen atoms in total. The summed E-state index contributed by atoms with van der Waals surface area (Å²) in [6.07, 6.45) is 7.57. The Bertz CT molecular complexity index is 324. The van der Waals surface area contributed by atoms with Crippen LogP contribution in [0.5, 0.6) is 0 Å². The molecule has 1 amide bonds. The van der Waals surface area contributed by atoms with E-state index in [1.165, 1.54) is 45.3 Å². The predicted molar refractivity (Wildman–Crippen MR) is 85.4 cm³/mol.